The highest BCUT2D eigenvalue weighted by molar-refractivity contribution is 5.79. The Bertz CT molecular complexity index is 878. The molecule has 4 rings (SSSR count). The van der Waals surface area contributed by atoms with E-state index in [1.807, 2.05) is 12.1 Å². The van der Waals surface area contributed by atoms with Crippen molar-refractivity contribution in [3.05, 3.63) is 47.5 Å². The van der Waals surface area contributed by atoms with Crippen LogP contribution in [0.4, 0.5) is 10.5 Å². The molecule has 1 unspecified atom stereocenters. The van der Waals surface area contributed by atoms with E-state index in [0.29, 0.717) is 11.7 Å². The predicted molar refractivity (Wildman–Crippen MR) is 104 cm³/mol. The highest BCUT2D eigenvalue weighted by Gasteiger charge is 2.46. The molecule has 0 aromatic heterocycles. The van der Waals surface area contributed by atoms with Gasteiger partial charge in [0.1, 0.15) is 5.75 Å². The molecule has 4 N–H and O–H groups in total. The fourth-order valence-electron chi connectivity index (χ4n) is 4.14. The van der Waals surface area contributed by atoms with E-state index < -0.39 is 6.09 Å². The summed E-state index contributed by atoms with van der Waals surface area (Å²) in [6, 6.07) is 12.3. The minimum Gasteiger partial charge on any atom is -0.410 e. The standard InChI is InChI=1S/C21H25N3O2/c1-12(2)13-5-7-18(26-20(22)25)15(10-13)14-4-6-17-16(11-14)21(3)8-9-23-19(21)24-17/h4-7,10-12,19,23-24H,8-9H2,1-3H3,(H2,22,25)/t19?,21-/m0/s1. The summed E-state index contributed by atoms with van der Waals surface area (Å²) in [5, 5.41) is 7.11. The van der Waals surface area contributed by atoms with Crippen LogP contribution < -0.4 is 21.1 Å². The molecule has 2 aliphatic rings. The lowest BCUT2D eigenvalue weighted by Gasteiger charge is -2.23. The zero-order valence-electron chi connectivity index (χ0n) is 15.4. The summed E-state index contributed by atoms with van der Waals surface area (Å²) in [7, 11) is 0. The molecule has 0 aliphatic carbocycles. The van der Waals surface area contributed by atoms with Crippen LogP contribution >= 0.6 is 0 Å². The first-order valence-electron chi connectivity index (χ1n) is 9.14. The summed E-state index contributed by atoms with van der Waals surface area (Å²) in [5.41, 5.74) is 11.0. The zero-order chi connectivity index (χ0) is 18.5. The van der Waals surface area contributed by atoms with Crippen LogP contribution in [0, 0.1) is 0 Å². The average Bonchev–Trinajstić information content (AvgIpc) is 3.08. The molecule has 2 aromatic carbocycles. The van der Waals surface area contributed by atoms with Crippen LogP contribution in [0.15, 0.2) is 36.4 Å². The third-order valence-corrected chi connectivity index (χ3v) is 5.76. The van der Waals surface area contributed by atoms with Gasteiger partial charge >= 0.3 is 6.09 Å². The van der Waals surface area contributed by atoms with Gasteiger partial charge in [-0.3, -0.25) is 5.32 Å². The van der Waals surface area contributed by atoms with Gasteiger partial charge in [-0.2, -0.15) is 0 Å². The zero-order valence-corrected chi connectivity index (χ0v) is 15.4. The maximum absolute atomic E-state index is 11.3. The van der Waals surface area contributed by atoms with Crippen molar-refractivity contribution in [1.82, 2.24) is 5.32 Å². The van der Waals surface area contributed by atoms with E-state index in [2.05, 4.69) is 55.7 Å². The van der Waals surface area contributed by atoms with Crippen LogP contribution in [0.1, 0.15) is 44.2 Å². The third-order valence-electron chi connectivity index (χ3n) is 5.76. The van der Waals surface area contributed by atoms with E-state index in [4.69, 9.17) is 10.5 Å². The summed E-state index contributed by atoms with van der Waals surface area (Å²) >= 11 is 0. The monoisotopic (exact) mass is 351 g/mol. The molecule has 2 aliphatic heterocycles. The first kappa shape index (κ1) is 16.9. The van der Waals surface area contributed by atoms with Crippen molar-refractivity contribution in [2.24, 2.45) is 5.73 Å². The number of ether oxygens (including phenoxy) is 1. The van der Waals surface area contributed by atoms with Crippen molar-refractivity contribution in [2.75, 3.05) is 11.9 Å². The van der Waals surface area contributed by atoms with E-state index in [1.165, 1.54) is 16.8 Å². The molecule has 26 heavy (non-hydrogen) atoms. The van der Waals surface area contributed by atoms with E-state index in [-0.39, 0.29) is 11.6 Å². The van der Waals surface area contributed by atoms with E-state index >= 15 is 0 Å². The molecule has 2 aromatic rings. The van der Waals surface area contributed by atoms with Crippen molar-refractivity contribution in [3.8, 4) is 16.9 Å². The number of rotatable bonds is 3. The molecule has 0 saturated carbocycles. The SMILES string of the molecule is CC(C)c1ccc(OC(N)=O)c(-c2ccc3c(c2)[C@]2(C)CCNC2N3)c1. The largest absolute Gasteiger partial charge is 0.410 e. The second-order valence-corrected chi connectivity index (χ2v) is 7.79. The molecule has 2 atom stereocenters. The Kier molecular flexibility index (Phi) is 3.92. The van der Waals surface area contributed by atoms with Crippen LogP contribution in [0.5, 0.6) is 5.75 Å². The van der Waals surface area contributed by atoms with Crippen LogP contribution in [-0.4, -0.2) is 18.8 Å². The van der Waals surface area contributed by atoms with Crippen LogP contribution in [0.2, 0.25) is 0 Å². The van der Waals surface area contributed by atoms with E-state index in [9.17, 15) is 4.79 Å². The number of nitrogens with one attached hydrogen (secondary N) is 2. The molecule has 5 nitrogen and oxygen atoms in total. The highest BCUT2D eigenvalue weighted by atomic mass is 16.5. The minimum atomic E-state index is -0.793. The summed E-state index contributed by atoms with van der Waals surface area (Å²) in [4.78, 5) is 11.3. The molecule has 0 radical (unpaired) electrons. The fraction of sp³-hybridized carbons (Fsp3) is 0.381. The van der Waals surface area contributed by atoms with Gasteiger partial charge in [-0.05, 0) is 59.8 Å². The van der Waals surface area contributed by atoms with Crippen molar-refractivity contribution in [1.29, 1.82) is 0 Å². The Hall–Kier alpha value is -2.53. The van der Waals surface area contributed by atoms with Gasteiger partial charge in [0.2, 0.25) is 0 Å². The molecule has 1 amide bonds. The predicted octanol–water partition coefficient (Wildman–Crippen LogP) is 3.94. The summed E-state index contributed by atoms with van der Waals surface area (Å²) in [6.45, 7) is 7.61. The van der Waals surface area contributed by atoms with Crippen LogP contribution in [-0.2, 0) is 5.41 Å². The third kappa shape index (κ3) is 2.63. The molecular formula is C21H25N3O2. The fourth-order valence-corrected chi connectivity index (χ4v) is 4.14. The van der Waals surface area contributed by atoms with Gasteiger partial charge in [0.25, 0.3) is 0 Å². The van der Waals surface area contributed by atoms with Crippen molar-refractivity contribution < 1.29 is 9.53 Å². The lowest BCUT2D eigenvalue weighted by atomic mass is 9.80. The Morgan fingerprint density at radius 3 is 2.81 bits per heavy atom. The van der Waals surface area contributed by atoms with Crippen molar-refractivity contribution in [3.63, 3.8) is 0 Å². The van der Waals surface area contributed by atoms with Gasteiger partial charge in [0, 0.05) is 16.7 Å². The lowest BCUT2D eigenvalue weighted by Crippen LogP contribution is -2.38. The smallest absolute Gasteiger partial charge is 0.409 e. The van der Waals surface area contributed by atoms with Gasteiger partial charge in [-0.25, -0.2) is 4.79 Å². The van der Waals surface area contributed by atoms with Crippen molar-refractivity contribution in [2.45, 2.75) is 44.7 Å². The molecule has 1 saturated heterocycles. The lowest BCUT2D eigenvalue weighted by molar-refractivity contribution is 0.211. The maximum atomic E-state index is 11.3. The molecular weight excluding hydrogens is 326 g/mol. The Morgan fingerprint density at radius 2 is 2.08 bits per heavy atom. The van der Waals surface area contributed by atoms with Gasteiger partial charge in [-0.15, -0.1) is 0 Å². The number of nitrogens with two attached hydrogens (primary N) is 1. The second kappa shape index (κ2) is 6.02. The summed E-state index contributed by atoms with van der Waals surface area (Å²) in [6.07, 6.45) is 0.576. The Labute approximate surface area is 153 Å². The number of primary amides is 1. The molecule has 0 bridgehead atoms. The molecule has 136 valence electrons. The molecule has 0 spiro atoms. The van der Waals surface area contributed by atoms with Gasteiger partial charge in [0.05, 0.1) is 6.17 Å². The second-order valence-electron chi connectivity index (χ2n) is 7.79. The molecule has 5 heteroatoms. The number of amides is 1. The van der Waals surface area contributed by atoms with Gasteiger partial charge < -0.3 is 15.8 Å². The topological polar surface area (TPSA) is 76.4 Å². The maximum Gasteiger partial charge on any atom is 0.409 e. The van der Waals surface area contributed by atoms with Crippen LogP contribution in [0.3, 0.4) is 0 Å². The number of benzene rings is 2. The summed E-state index contributed by atoms with van der Waals surface area (Å²) < 4.78 is 5.28. The Balaban J connectivity index is 1.83. The van der Waals surface area contributed by atoms with Crippen molar-refractivity contribution >= 4 is 11.8 Å². The number of carbonyl (C=O) groups excluding carboxylic acids is 1. The Morgan fingerprint density at radius 1 is 1.27 bits per heavy atom. The highest BCUT2D eigenvalue weighted by Crippen LogP contribution is 2.47. The number of anilines is 1. The minimum absolute atomic E-state index is 0.0751. The normalized spacial score (nSPS) is 23.5. The number of hydrogen-bond acceptors (Lipinski definition) is 4. The number of fused-ring (bicyclic) bond motifs is 3. The van der Waals surface area contributed by atoms with Gasteiger partial charge in [0.15, 0.2) is 0 Å². The first-order chi connectivity index (χ1) is 12.4. The molecule has 2 heterocycles. The summed E-state index contributed by atoms with van der Waals surface area (Å²) in [5.74, 6) is 0.882. The van der Waals surface area contributed by atoms with Gasteiger partial charge in [-0.1, -0.05) is 32.9 Å². The number of hydrogen-bond donors (Lipinski definition) is 3. The molecule has 1 fully saturated rings. The van der Waals surface area contributed by atoms with Crippen LogP contribution in [0.25, 0.3) is 11.1 Å². The average molecular weight is 351 g/mol. The van der Waals surface area contributed by atoms with E-state index in [0.717, 1.165) is 24.1 Å². The first-order valence-corrected chi connectivity index (χ1v) is 9.14. The van der Waals surface area contributed by atoms with E-state index in [1.54, 1.807) is 0 Å². The number of carbonyl (C=O) groups is 1. The quantitative estimate of drug-likeness (QED) is 0.783.